The third kappa shape index (κ3) is 3.89. The van der Waals surface area contributed by atoms with Gasteiger partial charge >= 0.3 is 0 Å². The third-order valence-corrected chi connectivity index (χ3v) is 1.84. The molecule has 0 radical (unpaired) electrons. The number of ether oxygens (including phenoxy) is 1. The van der Waals surface area contributed by atoms with Crippen molar-refractivity contribution >= 4 is 35.1 Å². The van der Waals surface area contributed by atoms with Crippen LogP contribution in [0.5, 0.6) is 5.88 Å². The lowest BCUT2D eigenvalue weighted by molar-refractivity contribution is -0.115. The predicted molar refractivity (Wildman–Crippen MR) is 57.6 cm³/mol. The summed E-state index contributed by atoms with van der Waals surface area (Å²) in [5.41, 5.74) is 0. The van der Waals surface area contributed by atoms with Crippen molar-refractivity contribution < 1.29 is 9.53 Å². The molecule has 0 aromatic carbocycles. The van der Waals surface area contributed by atoms with Gasteiger partial charge in [-0.25, -0.2) is 4.98 Å². The summed E-state index contributed by atoms with van der Waals surface area (Å²) in [6, 6.07) is 1.44. The molecule has 0 fully saturated rings. The molecule has 0 saturated heterocycles. The number of anilines is 1. The highest BCUT2D eigenvalue weighted by molar-refractivity contribution is 6.29. The quantitative estimate of drug-likeness (QED) is 0.652. The second-order valence-electron chi connectivity index (χ2n) is 2.54. The number of aromatic nitrogens is 2. The number of methoxy groups -OCH3 is 1. The SMILES string of the molecule is COc1cc(Cl)nc(NC(=O)CCCl)n1. The van der Waals surface area contributed by atoms with Crippen molar-refractivity contribution in [3.05, 3.63) is 11.2 Å². The number of nitrogens with zero attached hydrogens (tertiary/aromatic N) is 2. The van der Waals surface area contributed by atoms with Crippen molar-refractivity contribution in [1.82, 2.24) is 9.97 Å². The summed E-state index contributed by atoms with van der Waals surface area (Å²) in [6.45, 7) is 0. The highest BCUT2D eigenvalue weighted by atomic mass is 35.5. The maximum absolute atomic E-state index is 11.2. The number of carbonyl (C=O) groups is 1. The molecule has 1 rings (SSSR count). The number of carbonyl (C=O) groups excluding carboxylic acids is 1. The monoisotopic (exact) mass is 249 g/mol. The third-order valence-electron chi connectivity index (χ3n) is 1.45. The van der Waals surface area contributed by atoms with E-state index in [4.69, 9.17) is 27.9 Å². The fourth-order valence-corrected chi connectivity index (χ4v) is 1.18. The molecule has 1 aromatic heterocycles. The molecule has 1 aromatic rings. The molecular weight excluding hydrogens is 241 g/mol. The van der Waals surface area contributed by atoms with E-state index in [1.165, 1.54) is 13.2 Å². The maximum atomic E-state index is 11.2. The molecule has 0 atom stereocenters. The van der Waals surface area contributed by atoms with Crippen molar-refractivity contribution in [2.45, 2.75) is 6.42 Å². The molecule has 5 nitrogen and oxygen atoms in total. The summed E-state index contributed by atoms with van der Waals surface area (Å²) in [7, 11) is 1.45. The van der Waals surface area contributed by atoms with Crippen molar-refractivity contribution in [3.63, 3.8) is 0 Å². The van der Waals surface area contributed by atoms with Gasteiger partial charge in [-0.05, 0) is 0 Å². The number of hydrogen-bond donors (Lipinski definition) is 1. The summed E-state index contributed by atoms with van der Waals surface area (Å²) >= 11 is 11.1. The number of halogens is 2. The van der Waals surface area contributed by atoms with Gasteiger partial charge in [0.2, 0.25) is 17.7 Å². The zero-order valence-electron chi connectivity index (χ0n) is 7.96. The van der Waals surface area contributed by atoms with E-state index in [1.807, 2.05) is 0 Å². The molecule has 1 amide bonds. The number of amides is 1. The topological polar surface area (TPSA) is 64.1 Å². The van der Waals surface area contributed by atoms with Crippen LogP contribution in [0.3, 0.4) is 0 Å². The lowest BCUT2D eigenvalue weighted by atomic mass is 10.4. The van der Waals surface area contributed by atoms with Gasteiger partial charge in [0.25, 0.3) is 0 Å². The van der Waals surface area contributed by atoms with Crippen LogP contribution >= 0.6 is 23.2 Å². The molecular formula is C8H9Cl2N3O2. The average molecular weight is 250 g/mol. The Labute approximate surface area is 96.8 Å². The Kier molecular flexibility index (Phi) is 4.58. The first kappa shape index (κ1) is 12.0. The molecule has 7 heteroatoms. The lowest BCUT2D eigenvalue weighted by Crippen LogP contribution is -2.14. The first-order chi connectivity index (χ1) is 7.15. The number of hydrogen-bond acceptors (Lipinski definition) is 4. The first-order valence-electron chi connectivity index (χ1n) is 4.10. The Bertz CT molecular complexity index is 360. The number of nitrogens with one attached hydrogen (secondary N) is 1. The zero-order chi connectivity index (χ0) is 11.3. The van der Waals surface area contributed by atoms with E-state index in [9.17, 15) is 4.79 Å². The summed E-state index contributed by atoms with van der Waals surface area (Å²) in [5, 5.41) is 2.65. The van der Waals surface area contributed by atoms with E-state index in [0.717, 1.165) is 0 Å². The second-order valence-corrected chi connectivity index (χ2v) is 3.31. The van der Waals surface area contributed by atoms with Crippen LogP contribution in [-0.2, 0) is 4.79 Å². The van der Waals surface area contributed by atoms with Crippen molar-refractivity contribution in [1.29, 1.82) is 0 Å². The molecule has 0 aliphatic heterocycles. The fraction of sp³-hybridized carbons (Fsp3) is 0.375. The van der Waals surface area contributed by atoms with Gasteiger partial charge in [0.15, 0.2) is 0 Å². The highest BCUT2D eigenvalue weighted by Gasteiger charge is 2.06. The van der Waals surface area contributed by atoms with Crippen LogP contribution in [0.25, 0.3) is 0 Å². The van der Waals surface area contributed by atoms with E-state index in [0.29, 0.717) is 0 Å². The van der Waals surface area contributed by atoms with Crippen LogP contribution in [0.1, 0.15) is 6.42 Å². The van der Waals surface area contributed by atoms with E-state index in [2.05, 4.69) is 15.3 Å². The van der Waals surface area contributed by atoms with Crippen LogP contribution in [0, 0.1) is 0 Å². The van der Waals surface area contributed by atoms with E-state index in [-0.39, 0.29) is 35.2 Å². The predicted octanol–water partition coefficient (Wildman–Crippen LogP) is 1.71. The fourth-order valence-electron chi connectivity index (χ4n) is 0.830. The largest absolute Gasteiger partial charge is 0.481 e. The molecule has 1 N–H and O–H groups in total. The second kappa shape index (κ2) is 5.72. The van der Waals surface area contributed by atoms with Gasteiger partial charge in [-0.15, -0.1) is 11.6 Å². The van der Waals surface area contributed by atoms with Gasteiger partial charge in [0, 0.05) is 18.4 Å². The summed E-state index contributed by atoms with van der Waals surface area (Å²) in [5.74, 6) is 0.365. The molecule has 0 spiro atoms. The lowest BCUT2D eigenvalue weighted by Gasteiger charge is -2.04. The summed E-state index contributed by atoms with van der Waals surface area (Å²) in [4.78, 5) is 18.8. The average Bonchev–Trinajstić information content (AvgIpc) is 2.17. The molecule has 1 heterocycles. The Morgan fingerprint density at radius 3 is 2.93 bits per heavy atom. The van der Waals surface area contributed by atoms with Crippen molar-refractivity contribution in [3.8, 4) is 5.88 Å². The van der Waals surface area contributed by atoms with Gasteiger partial charge in [0.1, 0.15) is 5.15 Å². The molecule has 0 bridgehead atoms. The minimum Gasteiger partial charge on any atom is -0.481 e. The van der Waals surface area contributed by atoms with E-state index in [1.54, 1.807) is 0 Å². The van der Waals surface area contributed by atoms with Gasteiger partial charge in [-0.3, -0.25) is 10.1 Å². The molecule has 0 aliphatic carbocycles. The smallest absolute Gasteiger partial charge is 0.234 e. The van der Waals surface area contributed by atoms with E-state index < -0.39 is 0 Å². The molecule has 0 aliphatic rings. The summed E-state index contributed by atoms with van der Waals surface area (Å²) < 4.78 is 4.86. The Balaban J connectivity index is 2.76. The van der Waals surface area contributed by atoms with Crippen LogP contribution < -0.4 is 10.1 Å². The van der Waals surface area contributed by atoms with Gasteiger partial charge in [-0.1, -0.05) is 11.6 Å². The Morgan fingerprint density at radius 2 is 2.33 bits per heavy atom. The number of alkyl halides is 1. The minimum absolute atomic E-state index is 0.106. The van der Waals surface area contributed by atoms with Gasteiger partial charge in [-0.2, -0.15) is 4.98 Å². The Morgan fingerprint density at radius 1 is 1.60 bits per heavy atom. The maximum Gasteiger partial charge on any atom is 0.234 e. The summed E-state index contributed by atoms with van der Waals surface area (Å²) in [6.07, 6.45) is 0.194. The van der Waals surface area contributed by atoms with Crippen LogP contribution in [0.2, 0.25) is 5.15 Å². The van der Waals surface area contributed by atoms with E-state index >= 15 is 0 Å². The molecule has 15 heavy (non-hydrogen) atoms. The minimum atomic E-state index is -0.269. The van der Waals surface area contributed by atoms with Crippen LogP contribution in [0.15, 0.2) is 6.07 Å². The number of rotatable bonds is 4. The van der Waals surface area contributed by atoms with Crippen LogP contribution in [-0.4, -0.2) is 28.9 Å². The van der Waals surface area contributed by atoms with Gasteiger partial charge in [0.05, 0.1) is 7.11 Å². The van der Waals surface area contributed by atoms with Gasteiger partial charge < -0.3 is 4.74 Å². The molecule has 0 saturated carbocycles. The zero-order valence-corrected chi connectivity index (χ0v) is 9.47. The van der Waals surface area contributed by atoms with Crippen LogP contribution in [0.4, 0.5) is 5.95 Å². The van der Waals surface area contributed by atoms with Crippen molar-refractivity contribution in [2.75, 3.05) is 18.3 Å². The normalized spacial score (nSPS) is 9.80. The Hall–Kier alpha value is -1.07. The van der Waals surface area contributed by atoms with Crippen molar-refractivity contribution in [2.24, 2.45) is 0 Å². The highest BCUT2D eigenvalue weighted by Crippen LogP contribution is 2.15. The first-order valence-corrected chi connectivity index (χ1v) is 5.01. The molecule has 82 valence electrons. The standard InChI is InChI=1S/C8H9Cl2N3O2/c1-15-7-4-5(10)11-8(13-7)12-6(14)2-3-9/h4H,2-3H2,1H3,(H,11,12,13,14). The molecule has 0 unspecified atom stereocenters.